The monoisotopic (exact) mass is 329 g/mol. The molecule has 4 nitrogen and oxygen atoms in total. The lowest BCUT2D eigenvalue weighted by Crippen LogP contribution is -2.32. The molecule has 2 aromatic carbocycles. The number of nitrogens with one attached hydrogen (secondary N) is 1. The number of benzene rings is 2. The minimum Gasteiger partial charge on any atom is -0.361 e. The zero-order chi connectivity index (χ0) is 17.4. The normalized spacial score (nSPS) is 16.0. The van der Waals surface area contributed by atoms with Gasteiger partial charge in [0.2, 0.25) is 0 Å². The van der Waals surface area contributed by atoms with Crippen LogP contribution in [-0.2, 0) is 0 Å². The van der Waals surface area contributed by atoms with E-state index in [4.69, 9.17) is 0 Å². The third kappa shape index (κ3) is 2.66. The van der Waals surface area contributed by atoms with Gasteiger partial charge in [-0.25, -0.2) is 0 Å². The van der Waals surface area contributed by atoms with E-state index < -0.39 is 0 Å². The summed E-state index contributed by atoms with van der Waals surface area (Å²) < 4.78 is 0. The van der Waals surface area contributed by atoms with Crippen LogP contribution in [0.1, 0.15) is 33.2 Å². The average Bonchev–Trinajstić information content (AvgIpc) is 2.91. The third-order valence-corrected chi connectivity index (χ3v) is 4.57. The number of fused-ring (bicyclic) bond motifs is 1. The summed E-state index contributed by atoms with van der Waals surface area (Å²) in [6.07, 6.45) is 3.18. The van der Waals surface area contributed by atoms with Gasteiger partial charge in [-0.2, -0.15) is 0 Å². The lowest BCUT2D eigenvalue weighted by Gasteiger charge is -2.27. The standard InChI is InChI=1S/C21H19N3O/c1-14-9-10-15(2)19(12-14)23-20-17-7-3-4-8-18(17)21(25)24(20)16-6-5-11-22-13-16/h3-13,20,23H,1-2H3/t20-/m0/s1. The SMILES string of the molecule is Cc1ccc(C)c(N[C@@H]2c3ccccc3C(=O)N2c2cccnc2)c1. The maximum atomic E-state index is 13.0. The Morgan fingerprint density at radius 1 is 1.04 bits per heavy atom. The molecule has 25 heavy (non-hydrogen) atoms. The number of aryl methyl sites for hydroxylation is 2. The van der Waals surface area contributed by atoms with Crippen LogP contribution in [0.25, 0.3) is 0 Å². The molecule has 1 N–H and O–H groups in total. The van der Waals surface area contributed by atoms with Crippen LogP contribution in [-0.4, -0.2) is 10.9 Å². The minimum atomic E-state index is -0.256. The minimum absolute atomic E-state index is 0.00796. The smallest absolute Gasteiger partial charge is 0.260 e. The zero-order valence-electron chi connectivity index (χ0n) is 14.2. The van der Waals surface area contributed by atoms with Crippen LogP contribution in [0.2, 0.25) is 0 Å². The van der Waals surface area contributed by atoms with E-state index >= 15 is 0 Å². The molecule has 4 heteroatoms. The van der Waals surface area contributed by atoms with Crippen LogP contribution in [0.15, 0.2) is 67.0 Å². The number of carbonyl (C=O) groups excluding carboxylic acids is 1. The number of hydrogen-bond donors (Lipinski definition) is 1. The molecule has 0 saturated heterocycles. The Kier molecular flexibility index (Phi) is 3.73. The second-order valence-electron chi connectivity index (χ2n) is 6.34. The van der Waals surface area contributed by atoms with Crippen LogP contribution in [0.3, 0.4) is 0 Å². The number of nitrogens with zero attached hydrogens (tertiary/aromatic N) is 2. The molecule has 3 aromatic rings. The average molecular weight is 329 g/mol. The van der Waals surface area contributed by atoms with Crippen molar-refractivity contribution in [1.29, 1.82) is 0 Å². The van der Waals surface area contributed by atoms with Gasteiger partial charge in [0.1, 0.15) is 6.17 Å². The molecular weight excluding hydrogens is 310 g/mol. The zero-order valence-corrected chi connectivity index (χ0v) is 14.2. The molecule has 1 aromatic heterocycles. The van der Waals surface area contributed by atoms with Crippen molar-refractivity contribution >= 4 is 17.3 Å². The maximum absolute atomic E-state index is 13.0. The van der Waals surface area contributed by atoms with Gasteiger partial charge in [0.05, 0.1) is 11.9 Å². The fraction of sp³-hybridized carbons (Fsp3) is 0.143. The van der Waals surface area contributed by atoms with E-state index in [9.17, 15) is 4.79 Å². The predicted octanol–water partition coefficient (Wildman–Crippen LogP) is 4.47. The first-order chi connectivity index (χ1) is 12.1. The Morgan fingerprint density at radius 3 is 2.68 bits per heavy atom. The molecule has 2 heterocycles. The number of amides is 1. The summed E-state index contributed by atoms with van der Waals surface area (Å²) in [7, 11) is 0. The number of carbonyl (C=O) groups is 1. The van der Waals surface area contributed by atoms with Gasteiger partial charge in [-0.05, 0) is 49.2 Å². The molecule has 0 fully saturated rings. The molecule has 0 radical (unpaired) electrons. The van der Waals surface area contributed by atoms with Crippen molar-refractivity contribution in [1.82, 2.24) is 4.98 Å². The Hall–Kier alpha value is -3.14. The Balaban J connectivity index is 1.81. The van der Waals surface area contributed by atoms with Crippen molar-refractivity contribution in [2.75, 3.05) is 10.2 Å². The molecule has 1 aliphatic rings. The Labute approximate surface area is 147 Å². The number of pyridine rings is 1. The molecule has 4 rings (SSSR count). The molecule has 0 spiro atoms. The van der Waals surface area contributed by atoms with Crippen molar-refractivity contribution in [3.8, 4) is 0 Å². The number of anilines is 2. The summed E-state index contributed by atoms with van der Waals surface area (Å²) in [5, 5.41) is 3.56. The van der Waals surface area contributed by atoms with Gasteiger partial charge in [0.25, 0.3) is 5.91 Å². The molecule has 1 aliphatic heterocycles. The third-order valence-electron chi connectivity index (χ3n) is 4.57. The number of rotatable bonds is 3. The topological polar surface area (TPSA) is 45.2 Å². The van der Waals surface area contributed by atoms with Crippen LogP contribution in [0.4, 0.5) is 11.4 Å². The first-order valence-electron chi connectivity index (χ1n) is 8.31. The van der Waals surface area contributed by atoms with Crippen LogP contribution >= 0.6 is 0 Å². The van der Waals surface area contributed by atoms with Crippen LogP contribution in [0, 0.1) is 13.8 Å². The van der Waals surface area contributed by atoms with E-state index in [1.54, 1.807) is 17.3 Å². The summed E-state index contributed by atoms with van der Waals surface area (Å²) in [4.78, 5) is 19.0. The summed E-state index contributed by atoms with van der Waals surface area (Å²) in [6, 6.07) is 17.8. The van der Waals surface area contributed by atoms with Crippen molar-refractivity contribution in [3.63, 3.8) is 0 Å². The first kappa shape index (κ1) is 15.4. The van der Waals surface area contributed by atoms with E-state index in [2.05, 4.69) is 42.3 Å². The fourth-order valence-electron chi connectivity index (χ4n) is 3.26. The van der Waals surface area contributed by atoms with Gasteiger partial charge in [0, 0.05) is 23.0 Å². The highest BCUT2D eigenvalue weighted by Crippen LogP contribution is 2.38. The van der Waals surface area contributed by atoms with E-state index in [1.807, 2.05) is 36.4 Å². The Bertz CT molecular complexity index is 937. The van der Waals surface area contributed by atoms with Crippen molar-refractivity contribution in [2.24, 2.45) is 0 Å². The highest BCUT2D eigenvalue weighted by atomic mass is 16.2. The second kappa shape index (κ2) is 6.06. The van der Waals surface area contributed by atoms with E-state index in [1.165, 1.54) is 5.56 Å². The fourth-order valence-corrected chi connectivity index (χ4v) is 3.26. The molecule has 124 valence electrons. The van der Waals surface area contributed by atoms with Crippen LogP contribution < -0.4 is 10.2 Å². The molecule has 0 unspecified atom stereocenters. The highest BCUT2D eigenvalue weighted by molar-refractivity contribution is 6.11. The lowest BCUT2D eigenvalue weighted by atomic mass is 10.1. The molecule has 1 atom stereocenters. The molecule has 0 saturated carbocycles. The maximum Gasteiger partial charge on any atom is 0.260 e. The van der Waals surface area contributed by atoms with Crippen molar-refractivity contribution < 1.29 is 4.79 Å². The largest absolute Gasteiger partial charge is 0.361 e. The molecule has 1 amide bonds. The van der Waals surface area contributed by atoms with Crippen LogP contribution in [0.5, 0.6) is 0 Å². The van der Waals surface area contributed by atoms with E-state index in [-0.39, 0.29) is 12.1 Å². The van der Waals surface area contributed by atoms with E-state index in [0.717, 1.165) is 28.1 Å². The molecule has 0 bridgehead atoms. The predicted molar refractivity (Wildman–Crippen MR) is 99.8 cm³/mol. The van der Waals surface area contributed by atoms with Crippen molar-refractivity contribution in [2.45, 2.75) is 20.0 Å². The summed E-state index contributed by atoms with van der Waals surface area (Å²) in [6.45, 7) is 4.14. The van der Waals surface area contributed by atoms with Gasteiger partial charge >= 0.3 is 0 Å². The highest BCUT2D eigenvalue weighted by Gasteiger charge is 2.37. The first-order valence-corrected chi connectivity index (χ1v) is 8.31. The van der Waals surface area contributed by atoms with Gasteiger partial charge in [-0.3, -0.25) is 14.7 Å². The van der Waals surface area contributed by atoms with Crippen molar-refractivity contribution in [3.05, 3.63) is 89.2 Å². The number of aromatic nitrogens is 1. The lowest BCUT2D eigenvalue weighted by molar-refractivity contribution is 0.0993. The second-order valence-corrected chi connectivity index (χ2v) is 6.34. The number of hydrogen-bond acceptors (Lipinski definition) is 3. The molecule has 0 aliphatic carbocycles. The van der Waals surface area contributed by atoms with Gasteiger partial charge in [0.15, 0.2) is 0 Å². The van der Waals surface area contributed by atoms with Gasteiger partial charge in [-0.15, -0.1) is 0 Å². The summed E-state index contributed by atoms with van der Waals surface area (Å²) in [5.74, 6) is -0.00796. The quantitative estimate of drug-likeness (QED) is 0.771. The summed E-state index contributed by atoms with van der Waals surface area (Å²) in [5.41, 5.74) is 5.86. The van der Waals surface area contributed by atoms with Gasteiger partial charge < -0.3 is 5.32 Å². The van der Waals surface area contributed by atoms with Gasteiger partial charge in [-0.1, -0.05) is 30.3 Å². The van der Waals surface area contributed by atoms with E-state index in [0.29, 0.717) is 0 Å². The summed E-state index contributed by atoms with van der Waals surface area (Å²) >= 11 is 0. The Morgan fingerprint density at radius 2 is 1.88 bits per heavy atom. The molecular formula is C21H19N3O.